The fourth-order valence-corrected chi connectivity index (χ4v) is 8.95. The molecule has 0 spiro atoms. The van der Waals surface area contributed by atoms with Gasteiger partial charge in [-0.1, -0.05) is 194 Å². The molecule has 0 heterocycles. The van der Waals surface area contributed by atoms with E-state index in [1.165, 1.54) is 109 Å². The van der Waals surface area contributed by atoms with Crippen molar-refractivity contribution in [2.75, 3.05) is 0 Å². The SMILES string of the molecule is c1ccc(-c2c3ccccc3c(-c3ccc4cc(-c5ccc6ccccc6c5)cc(-c5ccc(-c6cccc7ccccc67)cc5)c4c3)c3ccccc23)cc1. The van der Waals surface area contributed by atoms with Gasteiger partial charge in [0.25, 0.3) is 0 Å². The smallest absolute Gasteiger partial charge is 0.00261 e. The third-order valence-corrected chi connectivity index (χ3v) is 11.6. The maximum absolute atomic E-state index is 2.43. The van der Waals surface area contributed by atoms with Crippen LogP contribution >= 0.6 is 0 Å². The Morgan fingerprint density at radius 2 is 0.661 bits per heavy atom. The topological polar surface area (TPSA) is 0 Å². The molecule has 56 heavy (non-hydrogen) atoms. The highest BCUT2D eigenvalue weighted by molar-refractivity contribution is 6.22. The van der Waals surface area contributed by atoms with Crippen molar-refractivity contribution in [2.24, 2.45) is 0 Å². The zero-order chi connectivity index (χ0) is 37.0. The van der Waals surface area contributed by atoms with Crippen LogP contribution in [0.2, 0.25) is 0 Å². The van der Waals surface area contributed by atoms with E-state index in [0.717, 1.165) is 0 Å². The molecule has 260 valence electrons. The summed E-state index contributed by atoms with van der Waals surface area (Å²) in [5, 5.41) is 12.6. The van der Waals surface area contributed by atoms with Crippen molar-refractivity contribution in [2.45, 2.75) is 0 Å². The second kappa shape index (κ2) is 13.2. The zero-order valence-corrected chi connectivity index (χ0v) is 30.8. The first-order chi connectivity index (χ1) is 27.8. The van der Waals surface area contributed by atoms with Crippen molar-refractivity contribution in [3.63, 3.8) is 0 Å². The molecule has 0 aliphatic rings. The maximum atomic E-state index is 2.43. The summed E-state index contributed by atoms with van der Waals surface area (Å²) in [5.41, 5.74) is 12.4. The van der Waals surface area contributed by atoms with E-state index in [0.29, 0.717) is 0 Å². The zero-order valence-electron chi connectivity index (χ0n) is 30.8. The molecule has 11 aromatic carbocycles. The summed E-state index contributed by atoms with van der Waals surface area (Å²) in [6, 6.07) is 80.4. The van der Waals surface area contributed by atoms with Gasteiger partial charge in [-0.05, 0) is 134 Å². The van der Waals surface area contributed by atoms with Crippen molar-refractivity contribution >= 4 is 53.9 Å². The normalized spacial score (nSPS) is 11.6. The molecule has 0 N–H and O–H groups in total. The Morgan fingerprint density at radius 1 is 0.179 bits per heavy atom. The molecule has 0 saturated carbocycles. The van der Waals surface area contributed by atoms with E-state index in [1.807, 2.05) is 0 Å². The standard InChI is InChI=1S/C56H36/c1-2-15-41(16-3-1)55-49-20-8-10-22-51(49)56(52-23-11-9-21-50(52)55)45-32-31-44-34-46(43-30-25-37-13-4-5-17-42(37)33-43)36-53(54(44)35-45)40-28-26-39(27-29-40)48-24-12-18-38-14-6-7-19-47(38)48/h1-36H. The Bertz CT molecular complexity index is 3220. The fourth-order valence-electron chi connectivity index (χ4n) is 8.95. The Kier molecular flexibility index (Phi) is 7.60. The van der Waals surface area contributed by atoms with Gasteiger partial charge in [0.1, 0.15) is 0 Å². The predicted octanol–water partition coefficient (Wildman–Crippen LogP) is 15.8. The quantitative estimate of drug-likeness (QED) is 0.156. The van der Waals surface area contributed by atoms with Crippen LogP contribution in [0.25, 0.3) is 109 Å². The van der Waals surface area contributed by atoms with Gasteiger partial charge >= 0.3 is 0 Å². The van der Waals surface area contributed by atoms with Crippen LogP contribution in [0, 0.1) is 0 Å². The molecule has 0 atom stereocenters. The third-order valence-electron chi connectivity index (χ3n) is 11.6. The summed E-state index contributed by atoms with van der Waals surface area (Å²) < 4.78 is 0. The van der Waals surface area contributed by atoms with Crippen molar-refractivity contribution < 1.29 is 0 Å². The molecule has 0 bridgehead atoms. The van der Waals surface area contributed by atoms with Gasteiger partial charge in [0.15, 0.2) is 0 Å². The van der Waals surface area contributed by atoms with Gasteiger partial charge in [0.05, 0.1) is 0 Å². The maximum Gasteiger partial charge on any atom is -0.00261 e. The van der Waals surface area contributed by atoms with Crippen molar-refractivity contribution in [1.29, 1.82) is 0 Å². The molecule has 0 amide bonds. The van der Waals surface area contributed by atoms with Crippen LogP contribution in [0.15, 0.2) is 218 Å². The van der Waals surface area contributed by atoms with Crippen LogP contribution in [-0.2, 0) is 0 Å². The lowest BCUT2D eigenvalue weighted by Crippen LogP contribution is -1.92. The number of benzene rings is 11. The van der Waals surface area contributed by atoms with Crippen molar-refractivity contribution in [3.05, 3.63) is 218 Å². The fraction of sp³-hybridized carbons (Fsp3) is 0. The molecule has 0 aromatic heterocycles. The van der Waals surface area contributed by atoms with Gasteiger partial charge in [-0.2, -0.15) is 0 Å². The molecule has 11 rings (SSSR count). The molecule has 0 saturated heterocycles. The van der Waals surface area contributed by atoms with Gasteiger partial charge in [-0.3, -0.25) is 0 Å². The second-order valence-electron chi connectivity index (χ2n) is 14.8. The highest BCUT2D eigenvalue weighted by Gasteiger charge is 2.18. The molecule has 0 nitrogen and oxygen atoms in total. The molecule has 11 aromatic rings. The van der Waals surface area contributed by atoms with Gasteiger partial charge in [-0.25, -0.2) is 0 Å². The number of hydrogen-bond donors (Lipinski definition) is 0. The minimum atomic E-state index is 1.20. The Labute approximate surface area is 326 Å². The molecule has 0 unspecified atom stereocenters. The van der Waals surface area contributed by atoms with Crippen LogP contribution in [0.5, 0.6) is 0 Å². The Hall–Kier alpha value is -7.28. The molecular weight excluding hydrogens is 673 g/mol. The van der Waals surface area contributed by atoms with Gasteiger partial charge in [-0.15, -0.1) is 0 Å². The van der Waals surface area contributed by atoms with Crippen molar-refractivity contribution in [3.8, 4) is 55.6 Å². The van der Waals surface area contributed by atoms with Crippen LogP contribution in [0.1, 0.15) is 0 Å². The van der Waals surface area contributed by atoms with E-state index in [-0.39, 0.29) is 0 Å². The number of fused-ring (bicyclic) bond motifs is 5. The summed E-state index contributed by atoms with van der Waals surface area (Å²) >= 11 is 0. The van der Waals surface area contributed by atoms with Crippen LogP contribution in [0.3, 0.4) is 0 Å². The largest absolute Gasteiger partial charge is 0.0622 e. The Balaban J connectivity index is 1.14. The van der Waals surface area contributed by atoms with E-state index in [2.05, 4.69) is 218 Å². The first kappa shape index (κ1) is 32.2. The number of rotatable bonds is 5. The van der Waals surface area contributed by atoms with E-state index in [4.69, 9.17) is 0 Å². The second-order valence-corrected chi connectivity index (χ2v) is 14.8. The molecule has 0 heteroatoms. The van der Waals surface area contributed by atoms with Crippen LogP contribution in [0.4, 0.5) is 0 Å². The molecule has 0 aliphatic heterocycles. The lowest BCUT2D eigenvalue weighted by atomic mass is 9.84. The minimum Gasteiger partial charge on any atom is -0.0622 e. The van der Waals surface area contributed by atoms with Gasteiger partial charge in [0.2, 0.25) is 0 Å². The lowest BCUT2D eigenvalue weighted by Gasteiger charge is -2.19. The first-order valence-electron chi connectivity index (χ1n) is 19.4. The molecular formula is C56H36. The average molecular weight is 709 g/mol. The highest BCUT2D eigenvalue weighted by atomic mass is 14.2. The molecule has 0 fully saturated rings. The first-order valence-corrected chi connectivity index (χ1v) is 19.4. The van der Waals surface area contributed by atoms with E-state index >= 15 is 0 Å². The van der Waals surface area contributed by atoms with Crippen LogP contribution in [-0.4, -0.2) is 0 Å². The summed E-state index contributed by atoms with van der Waals surface area (Å²) in [6.45, 7) is 0. The summed E-state index contributed by atoms with van der Waals surface area (Å²) in [6.07, 6.45) is 0. The summed E-state index contributed by atoms with van der Waals surface area (Å²) in [4.78, 5) is 0. The van der Waals surface area contributed by atoms with Gasteiger partial charge in [0, 0.05) is 0 Å². The summed E-state index contributed by atoms with van der Waals surface area (Å²) in [5.74, 6) is 0. The monoisotopic (exact) mass is 708 g/mol. The van der Waals surface area contributed by atoms with Gasteiger partial charge < -0.3 is 0 Å². The molecule has 0 radical (unpaired) electrons. The average Bonchev–Trinajstić information content (AvgIpc) is 3.27. The van der Waals surface area contributed by atoms with E-state index in [1.54, 1.807) is 0 Å². The predicted molar refractivity (Wildman–Crippen MR) is 241 cm³/mol. The number of hydrogen-bond acceptors (Lipinski definition) is 0. The van der Waals surface area contributed by atoms with E-state index < -0.39 is 0 Å². The lowest BCUT2D eigenvalue weighted by molar-refractivity contribution is 1.61. The summed E-state index contributed by atoms with van der Waals surface area (Å²) in [7, 11) is 0. The van der Waals surface area contributed by atoms with E-state index in [9.17, 15) is 0 Å². The van der Waals surface area contributed by atoms with Crippen molar-refractivity contribution in [1.82, 2.24) is 0 Å². The Morgan fingerprint density at radius 3 is 1.36 bits per heavy atom. The van der Waals surface area contributed by atoms with Crippen LogP contribution < -0.4 is 0 Å². The molecule has 0 aliphatic carbocycles. The highest BCUT2D eigenvalue weighted by Crippen LogP contribution is 2.45. The third kappa shape index (κ3) is 5.38. The minimum absolute atomic E-state index is 1.20.